The van der Waals surface area contributed by atoms with E-state index in [4.69, 9.17) is 5.73 Å². The van der Waals surface area contributed by atoms with Crippen LogP contribution < -0.4 is 27.0 Å². The van der Waals surface area contributed by atoms with E-state index in [9.17, 15) is 14.4 Å². The molecule has 6 N–H and O–H groups in total. The number of amides is 3. The predicted molar refractivity (Wildman–Crippen MR) is 132 cm³/mol. The molecule has 1 aromatic rings. The molecule has 1 rings (SSSR count). The van der Waals surface area contributed by atoms with Gasteiger partial charge in [-0.3, -0.25) is 14.4 Å². The van der Waals surface area contributed by atoms with Gasteiger partial charge in [0.2, 0.25) is 17.7 Å². The van der Waals surface area contributed by atoms with E-state index in [1.54, 1.807) is 13.8 Å². The fraction of sp³-hybridized carbons (Fsp3) is 0.560. The smallest absolute Gasteiger partial charge is 0.246 e. The highest BCUT2D eigenvalue weighted by molar-refractivity contribution is 5.95. The average Bonchev–Trinajstić information content (AvgIpc) is 2.79. The lowest BCUT2D eigenvalue weighted by Gasteiger charge is -2.34. The fourth-order valence-electron chi connectivity index (χ4n) is 3.44. The van der Waals surface area contributed by atoms with E-state index in [2.05, 4.69) is 27.8 Å². The average molecular weight is 460 g/mol. The molecule has 0 fully saturated rings. The zero-order valence-electron chi connectivity index (χ0n) is 20.7. The Labute approximate surface area is 198 Å². The summed E-state index contributed by atoms with van der Waals surface area (Å²) in [6.45, 7) is 13.3. The molecule has 33 heavy (non-hydrogen) atoms. The molecule has 1 aromatic carbocycles. The molecule has 0 spiro atoms. The van der Waals surface area contributed by atoms with Gasteiger partial charge in [0.15, 0.2) is 0 Å². The number of carbonyl (C=O) groups is 3. The van der Waals surface area contributed by atoms with Gasteiger partial charge in [0.25, 0.3) is 0 Å². The Morgan fingerprint density at radius 2 is 1.61 bits per heavy atom. The van der Waals surface area contributed by atoms with Crippen LogP contribution in [0.5, 0.6) is 0 Å². The monoisotopic (exact) mass is 459 g/mol. The molecule has 0 unspecified atom stereocenters. The predicted octanol–water partition coefficient (Wildman–Crippen LogP) is 2.48. The van der Waals surface area contributed by atoms with Gasteiger partial charge in [0.05, 0.1) is 11.9 Å². The molecule has 0 radical (unpaired) electrons. The van der Waals surface area contributed by atoms with Crippen molar-refractivity contribution in [1.29, 1.82) is 0 Å². The summed E-state index contributed by atoms with van der Waals surface area (Å²) in [7, 11) is 0. The summed E-state index contributed by atoms with van der Waals surface area (Å²) in [5.74, 6) is -0.729. The lowest BCUT2D eigenvalue weighted by atomic mass is 9.90. The zero-order chi connectivity index (χ0) is 25.0. The van der Waals surface area contributed by atoms with E-state index < -0.39 is 11.6 Å². The lowest BCUT2D eigenvalue weighted by Crippen LogP contribution is -2.62. The van der Waals surface area contributed by atoms with Crippen molar-refractivity contribution in [3.63, 3.8) is 0 Å². The molecular formula is C25H41N5O3. The standard InChI is InChI=1S/C25H41N5O3/c1-7-25(8-2,30-22(31)17(3)4)24(33)29-21(15-12-16-27-19(6)26)23(32)28-18(5)20-13-10-9-11-14-20/h9-11,13-14,17-18,21,27H,6-8,12,15-16,26H2,1-5H3,(H,28,32)(H,29,33)(H,30,31)/t18-,21-/m0/s1. The van der Waals surface area contributed by atoms with Crippen molar-refractivity contribution in [3.8, 4) is 0 Å². The summed E-state index contributed by atoms with van der Waals surface area (Å²) >= 11 is 0. The number of benzene rings is 1. The van der Waals surface area contributed by atoms with E-state index in [-0.39, 0.29) is 29.7 Å². The number of rotatable bonds is 14. The van der Waals surface area contributed by atoms with E-state index in [0.717, 1.165) is 5.56 Å². The van der Waals surface area contributed by atoms with Crippen LogP contribution in [0.15, 0.2) is 42.7 Å². The number of carbonyl (C=O) groups excluding carboxylic acids is 3. The molecule has 0 saturated heterocycles. The summed E-state index contributed by atoms with van der Waals surface area (Å²) in [5, 5.41) is 11.7. The van der Waals surface area contributed by atoms with Crippen LogP contribution >= 0.6 is 0 Å². The number of nitrogens with one attached hydrogen (secondary N) is 4. The van der Waals surface area contributed by atoms with Crippen molar-refractivity contribution in [2.45, 2.75) is 77.9 Å². The molecule has 0 saturated carbocycles. The van der Waals surface area contributed by atoms with Gasteiger partial charge in [-0.25, -0.2) is 0 Å². The van der Waals surface area contributed by atoms with Crippen LogP contribution in [0.25, 0.3) is 0 Å². The van der Waals surface area contributed by atoms with E-state index in [1.165, 1.54) is 0 Å². The van der Waals surface area contributed by atoms with Crippen molar-refractivity contribution in [2.24, 2.45) is 11.7 Å². The second-order valence-electron chi connectivity index (χ2n) is 8.69. The third kappa shape index (κ3) is 8.79. The Kier molecular flexibility index (Phi) is 11.5. The zero-order valence-corrected chi connectivity index (χ0v) is 20.7. The molecule has 0 aliphatic carbocycles. The van der Waals surface area contributed by atoms with Crippen molar-refractivity contribution in [2.75, 3.05) is 6.54 Å². The maximum absolute atomic E-state index is 13.3. The minimum Gasteiger partial charge on any atom is -0.386 e. The Morgan fingerprint density at radius 1 is 1.00 bits per heavy atom. The van der Waals surface area contributed by atoms with E-state index in [0.29, 0.717) is 38.0 Å². The molecule has 8 heteroatoms. The van der Waals surface area contributed by atoms with Crippen LogP contribution in [0, 0.1) is 5.92 Å². The van der Waals surface area contributed by atoms with Crippen LogP contribution in [0.4, 0.5) is 0 Å². The summed E-state index contributed by atoms with van der Waals surface area (Å²) in [6, 6.07) is 8.65. The van der Waals surface area contributed by atoms with Gasteiger partial charge in [-0.05, 0) is 38.2 Å². The molecule has 0 heterocycles. The summed E-state index contributed by atoms with van der Waals surface area (Å²) in [5.41, 5.74) is 5.44. The number of nitrogens with two attached hydrogens (primary N) is 1. The van der Waals surface area contributed by atoms with Gasteiger partial charge in [-0.1, -0.05) is 64.6 Å². The maximum atomic E-state index is 13.3. The quantitative estimate of drug-likeness (QED) is 0.273. The van der Waals surface area contributed by atoms with Crippen molar-refractivity contribution < 1.29 is 14.4 Å². The highest BCUT2D eigenvalue weighted by Crippen LogP contribution is 2.18. The van der Waals surface area contributed by atoms with Crippen LogP contribution in [-0.4, -0.2) is 35.8 Å². The van der Waals surface area contributed by atoms with Gasteiger partial charge in [0, 0.05) is 12.5 Å². The third-order valence-electron chi connectivity index (χ3n) is 5.83. The molecule has 0 aromatic heterocycles. The third-order valence-corrected chi connectivity index (χ3v) is 5.83. The molecule has 2 atom stereocenters. The summed E-state index contributed by atoms with van der Waals surface area (Å²) in [6.07, 6.45) is 1.83. The Balaban J connectivity index is 3.00. The van der Waals surface area contributed by atoms with Crippen molar-refractivity contribution in [3.05, 3.63) is 48.3 Å². The highest BCUT2D eigenvalue weighted by Gasteiger charge is 2.38. The second-order valence-corrected chi connectivity index (χ2v) is 8.69. The molecular weight excluding hydrogens is 418 g/mol. The number of hydrogen-bond acceptors (Lipinski definition) is 5. The molecule has 3 amide bonds. The SMILES string of the molecule is C=C(N)NCCC[C@H](NC(=O)C(CC)(CC)NC(=O)C(C)C)C(=O)N[C@@H](C)c1ccccc1. The van der Waals surface area contributed by atoms with Crippen LogP contribution in [0.2, 0.25) is 0 Å². The largest absolute Gasteiger partial charge is 0.386 e. The normalized spacial score (nSPS) is 13.0. The molecule has 0 aliphatic rings. The van der Waals surface area contributed by atoms with Gasteiger partial charge in [0.1, 0.15) is 11.6 Å². The van der Waals surface area contributed by atoms with Crippen molar-refractivity contribution >= 4 is 17.7 Å². The first-order chi connectivity index (χ1) is 15.6. The fourth-order valence-corrected chi connectivity index (χ4v) is 3.44. The van der Waals surface area contributed by atoms with Crippen LogP contribution in [0.3, 0.4) is 0 Å². The molecule has 8 nitrogen and oxygen atoms in total. The maximum Gasteiger partial charge on any atom is 0.246 e. The first-order valence-corrected chi connectivity index (χ1v) is 11.7. The topological polar surface area (TPSA) is 125 Å². The van der Waals surface area contributed by atoms with Gasteiger partial charge in [-0.2, -0.15) is 0 Å². The summed E-state index contributed by atoms with van der Waals surface area (Å²) in [4.78, 5) is 38.9. The number of hydrogen-bond donors (Lipinski definition) is 5. The van der Waals surface area contributed by atoms with Gasteiger partial charge >= 0.3 is 0 Å². The lowest BCUT2D eigenvalue weighted by molar-refractivity contribution is -0.137. The Hall–Kier alpha value is -3.03. The van der Waals surface area contributed by atoms with E-state index >= 15 is 0 Å². The highest BCUT2D eigenvalue weighted by atomic mass is 16.2. The Bertz CT molecular complexity index is 790. The van der Waals surface area contributed by atoms with E-state index in [1.807, 2.05) is 51.1 Å². The van der Waals surface area contributed by atoms with Gasteiger partial charge < -0.3 is 27.0 Å². The minimum atomic E-state index is -1.07. The summed E-state index contributed by atoms with van der Waals surface area (Å²) < 4.78 is 0. The Morgan fingerprint density at radius 3 is 2.12 bits per heavy atom. The minimum absolute atomic E-state index is 0.196. The molecule has 0 bridgehead atoms. The second kappa shape index (κ2) is 13.5. The first-order valence-electron chi connectivity index (χ1n) is 11.7. The van der Waals surface area contributed by atoms with Crippen LogP contribution in [-0.2, 0) is 14.4 Å². The first kappa shape index (κ1) is 28.0. The molecule has 184 valence electrons. The molecule has 0 aliphatic heterocycles. The van der Waals surface area contributed by atoms with Crippen molar-refractivity contribution in [1.82, 2.24) is 21.3 Å². The van der Waals surface area contributed by atoms with Gasteiger partial charge in [-0.15, -0.1) is 0 Å². The van der Waals surface area contributed by atoms with Crippen LogP contribution in [0.1, 0.15) is 71.9 Å².